The third-order valence-corrected chi connectivity index (χ3v) is 7.32. The molecule has 3 nitrogen and oxygen atoms in total. The summed E-state index contributed by atoms with van der Waals surface area (Å²) >= 11 is 7.71. The summed E-state index contributed by atoms with van der Waals surface area (Å²) in [5, 5.41) is 0.563. The van der Waals surface area contributed by atoms with E-state index in [0.29, 0.717) is 9.92 Å². The predicted octanol–water partition coefficient (Wildman–Crippen LogP) is 3.00. The van der Waals surface area contributed by atoms with Crippen LogP contribution in [-0.4, -0.2) is 36.3 Å². The minimum atomic E-state index is -3.38. The van der Waals surface area contributed by atoms with Crippen LogP contribution in [0.15, 0.2) is 29.2 Å². The molecule has 2 atom stereocenters. The van der Waals surface area contributed by atoms with E-state index in [-0.39, 0.29) is 12.1 Å². The summed E-state index contributed by atoms with van der Waals surface area (Å²) in [6, 6.07) is 6.83. The number of hydrogen-bond donors (Lipinski definition) is 0. The van der Waals surface area contributed by atoms with E-state index in [2.05, 4.69) is 0 Å². The van der Waals surface area contributed by atoms with Gasteiger partial charge in [-0.15, -0.1) is 0 Å². The second-order valence-corrected chi connectivity index (χ2v) is 8.42. The first kappa shape index (κ1) is 13.7. The van der Waals surface area contributed by atoms with E-state index in [1.165, 1.54) is 0 Å². The van der Waals surface area contributed by atoms with Gasteiger partial charge in [-0.2, -0.15) is 16.1 Å². The Morgan fingerprint density at radius 2 is 1.68 bits per heavy atom. The first-order valence-corrected chi connectivity index (χ1v) is 9.43. The number of benzene rings is 1. The molecule has 0 saturated carbocycles. The molecule has 0 aromatic heterocycles. The largest absolute Gasteiger partial charge is 0.243 e. The van der Waals surface area contributed by atoms with Crippen LogP contribution in [0.4, 0.5) is 0 Å². The monoisotopic (exact) mass is 317 g/mol. The zero-order valence-electron chi connectivity index (χ0n) is 10.5. The Bertz CT molecular complexity index is 537. The lowest BCUT2D eigenvalue weighted by Crippen LogP contribution is -2.54. The van der Waals surface area contributed by atoms with Crippen molar-refractivity contribution >= 4 is 33.4 Å². The average molecular weight is 318 g/mol. The van der Waals surface area contributed by atoms with Gasteiger partial charge in [-0.25, -0.2) is 8.42 Å². The molecule has 2 unspecified atom stereocenters. The van der Waals surface area contributed by atoms with Gasteiger partial charge < -0.3 is 0 Å². The molecule has 0 aliphatic carbocycles. The SMILES string of the molecule is O=S(=O)(c1ccc(Cl)cc1)N1C2CCCC1CSC2. The van der Waals surface area contributed by atoms with Crippen molar-refractivity contribution in [2.45, 2.75) is 36.2 Å². The molecule has 2 saturated heterocycles. The van der Waals surface area contributed by atoms with Gasteiger partial charge in [0.15, 0.2) is 0 Å². The van der Waals surface area contributed by atoms with E-state index >= 15 is 0 Å². The lowest BCUT2D eigenvalue weighted by molar-refractivity contribution is 0.203. The number of hydrogen-bond acceptors (Lipinski definition) is 3. The smallest absolute Gasteiger partial charge is 0.207 e. The zero-order chi connectivity index (χ0) is 13.5. The van der Waals surface area contributed by atoms with Gasteiger partial charge in [-0.05, 0) is 37.1 Å². The van der Waals surface area contributed by atoms with E-state index < -0.39 is 10.0 Å². The van der Waals surface area contributed by atoms with Gasteiger partial charge in [-0.1, -0.05) is 18.0 Å². The van der Waals surface area contributed by atoms with E-state index in [9.17, 15) is 8.42 Å². The number of fused-ring (bicyclic) bond motifs is 2. The second-order valence-electron chi connectivity index (χ2n) is 5.06. The maximum absolute atomic E-state index is 12.8. The van der Waals surface area contributed by atoms with Crippen LogP contribution in [-0.2, 0) is 10.0 Å². The molecule has 3 rings (SSSR count). The minimum absolute atomic E-state index is 0.165. The summed E-state index contributed by atoms with van der Waals surface area (Å²) in [5.41, 5.74) is 0. The Labute approximate surface area is 123 Å². The van der Waals surface area contributed by atoms with Gasteiger partial charge in [0.2, 0.25) is 10.0 Å². The second kappa shape index (κ2) is 5.28. The number of rotatable bonds is 2. The molecule has 1 aromatic rings. The van der Waals surface area contributed by atoms with Gasteiger partial charge in [-0.3, -0.25) is 0 Å². The van der Waals surface area contributed by atoms with Crippen molar-refractivity contribution < 1.29 is 8.42 Å². The highest BCUT2D eigenvalue weighted by Gasteiger charge is 2.42. The van der Waals surface area contributed by atoms with Crippen LogP contribution in [0.5, 0.6) is 0 Å². The lowest BCUT2D eigenvalue weighted by atomic mass is 10.0. The van der Waals surface area contributed by atoms with Crippen LogP contribution in [0.2, 0.25) is 5.02 Å². The zero-order valence-corrected chi connectivity index (χ0v) is 12.8. The maximum Gasteiger partial charge on any atom is 0.243 e. The van der Waals surface area contributed by atoms with Gasteiger partial charge in [0.05, 0.1) is 4.90 Å². The van der Waals surface area contributed by atoms with E-state index in [0.717, 1.165) is 30.8 Å². The van der Waals surface area contributed by atoms with Gasteiger partial charge in [0.25, 0.3) is 0 Å². The number of halogens is 1. The molecule has 2 aliphatic rings. The molecule has 2 bridgehead atoms. The fourth-order valence-corrected chi connectivity index (χ4v) is 6.43. The van der Waals surface area contributed by atoms with Crippen molar-refractivity contribution in [3.8, 4) is 0 Å². The number of piperidine rings is 1. The Kier molecular flexibility index (Phi) is 3.82. The van der Waals surface area contributed by atoms with Crippen LogP contribution in [0.1, 0.15) is 19.3 Å². The molecule has 104 valence electrons. The molecular formula is C13H16ClNO2S2. The van der Waals surface area contributed by atoms with E-state index in [1.807, 2.05) is 11.8 Å². The first-order valence-electron chi connectivity index (χ1n) is 6.46. The highest BCUT2D eigenvalue weighted by atomic mass is 35.5. The Morgan fingerprint density at radius 3 is 2.26 bits per heavy atom. The van der Waals surface area contributed by atoms with E-state index in [1.54, 1.807) is 28.6 Å². The van der Waals surface area contributed by atoms with Crippen LogP contribution in [0, 0.1) is 0 Å². The standard InChI is InChI=1S/C13H16ClNO2S2/c14-10-4-6-13(7-5-10)19(16,17)15-11-2-1-3-12(15)9-18-8-11/h4-7,11-12H,1-3,8-9H2. The summed E-state index contributed by atoms with van der Waals surface area (Å²) in [4.78, 5) is 0.362. The van der Waals surface area contributed by atoms with Crippen LogP contribution in [0.25, 0.3) is 0 Å². The fourth-order valence-electron chi connectivity index (χ4n) is 2.92. The molecular weight excluding hydrogens is 302 g/mol. The number of thioether (sulfide) groups is 1. The van der Waals surface area contributed by atoms with Crippen LogP contribution in [0.3, 0.4) is 0 Å². The lowest BCUT2D eigenvalue weighted by Gasteiger charge is -2.44. The molecule has 0 amide bonds. The van der Waals surface area contributed by atoms with E-state index in [4.69, 9.17) is 11.6 Å². The summed E-state index contributed by atoms with van der Waals surface area (Å²) in [6.07, 6.45) is 3.11. The molecule has 0 spiro atoms. The molecule has 0 radical (unpaired) electrons. The first-order chi connectivity index (χ1) is 9.09. The van der Waals surface area contributed by atoms with Gasteiger partial charge >= 0.3 is 0 Å². The normalized spacial score (nSPS) is 28.3. The molecule has 6 heteroatoms. The Balaban J connectivity index is 1.97. The molecule has 2 fully saturated rings. The highest BCUT2D eigenvalue weighted by Crippen LogP contribution is 2.36. The highest BCUT2D eigenvalue weighted by molar-refractivity contribution is 7.99. The minimum Gasteiger partial charge on any atom is -0.207 e. The number of sulfonamides is 1. The van der Waals surface area contributed by atoms with Crippen molar-refractivity contribution in [2.75, 3.05) is 11.5 Å². The Hall–Kier alpha value is -0.230. The van der Waals surface area contributed by atoms with Crippen molar-refractivity contribution in [3.63, 3.8) is 0 Å². The summed E-state index contributed by atoms with van der Waals surface area (Å²) in [7, 11) is -3.38. The van der Waals surface area contributed by atoms with Gasteiger partial charge in [0, 0.05) is 28.6 Å². The molecule has 2 heterocycles. The van der Waals surface area contributed by atoms with Crippen LogP contribution >= 0.6 is 23.4 Å². The maximum atomic E-state index is 12.8. The fraction of sp³-hybridized carbons (Fsp3) is 0.538. The average Bonchev–Trinajstić information content (AvgIpc) is 2.38. The topological polar surface area (TPSA) is 37.4 Å². The predicted molar refractivity (Wildman–Crippen MR) is 79.2 cm³/mol. The quantitative estimate of drug-likeness (QED) is 0.841. The molecule has 1 aromatic carbocycles. The van der Waals surface area contributed by atoms with Crippen LogP contribution < -0.4 is 0 Å². The van der Waals surface area contributed by atoms with Crippen molar-refractivity contribution in [1.82, 2.24) is 4.31 Å². The molecule has 2 aliphatic heterocycles. The molecule has 19 heavy (non-hydrogen) atoms. The third-order valence-electron chi connectivity index (χ3n) is 3.80. The van der Waals surface area contributed by atoms with Crippen molar-refractivity contribution in [3.05, 3.63) is 29.3 Å². The summed E-state index contributed by atoms with van der Waals surface area (Å²) < 4.78 is 27.3. The van der Waals surface area contributed by atoms with Gasteiger partial charge in [0.1, 0.15) is 0 Å². The third kappa shape index (κ3) is 2.53. The summed E-state index contributed by atoms with van der Waals surface area (Å²) in [5.74, 6) is 1.84. The molecule has 0 N–H and O–H groups in total. The van der Waals surface area contributed by atoms with Crippen molar-refractivity contribution in [2.24, 2.45) is 0 Å². The summed E-state index contributed by atoms with van der Waals surface area (Å²) in [6.45, 7) is 0. The van der Waals surface area contributed by atoms with Crippen molar-refractivity contribution in [1.29, 1.82) is 0 Å². The number of nitrogens with zero attached hydrogens (tertiary/aromatic N) is 1. The Morgan fingerprint density at radius 1 is 1.11 bits per heavy atom.